The van der Waals surface area contributed by atoms with E-state index in [1.165, 1.54) is 0 Å². The minimum absolute atomic E-state index is 0.764. The van der Waals surface area contributed by atoms with Gasteiger partial charge in [0.2, 0.25) is 0 Å². The summed E-state index contributed by atoms with van der Waals surface area (Å²) in [6.45, 7) is 0. The zero-order chi connectivity index (χ0) is 13.5. The molecule has 3 aromatic carbocycles. The molecule has 0 aliphatic carbocycles. The summed E-state index contributed by atoms with van der Waals surface area (Å²) in [5.41, 5.74) is 4.62. The Morgan fingerprint density at radius 3 is 2.25 bits per heavy atom. The van der Waals surface area contributed by atoms with Crippen LogP contribution in [0, 0.1) is 0 Å². The van der Waals surface area contributed by atoms with Crippen molar-refractivity contribution in [2.45, 2.75) is 0 Å². The number of furan rings is 1. The average Bonchev–Trinajstić information content (AvgIpc) is 2.86. The lowest BCUT2D eigenvalue weighted by atomic mass is 9.87. The highest BCUT2D eigenvalue weighted by atomic mass is 16.3. The Labute approximate surface area is 118 Å². The molecule has 0 fully saturated rings. The van der Waals surface area contributed by atoms with Gasteiger partial charge in [0.1, 0.15) is 19.0 Å². The van der Waals surface area contributed by atoms with Crippen LogP contribution in [-0.4, -0.2) is 7.85 Å². The van der Waals surface area contributed by atoms with Gasteiger partial charge in [-0.3, -0.25) is 0 Å². The Bertz CT molecular complexity index is 921. The molecule has 0 N–H and O–H groups in total. The van der Waals surface area contributed by atoms with Gasteiger partial charge in [0.15, 0.2) is 0 Å². The fraction of sp³-hybridized carbons (Fsp3) is 0. The molecule has 1 nitrogen and oxygen atoms in total. The zero-order valence-electron chi connectivity index (χ0n) is 10.8. The van der Waals surface area contributed by atoms with Gasteiger partial charge in [-0.1, -0.05) is 66.1 Å². The first-order valence-electron chi connectivity index (χ1n) is 6.60. The van der Waals surface area contributed by atoms with Crippen molar-refractivity contribution in [2.24, 2.45) is 0 Å². The summed E-state index contributed by atoms with van der Waals surface area (Å²) in [7, 11) is 6.10. The lowest BCUT2D eigenvalue weighted by Gasteiger charge is -2.06. The Morgan fingerprint density at radius 2 is 1.35 bits per heavy atom. The van der Waals surface area contributed by atoms with E-state index in [2.05, 4.69) is 18.2 Å². The van der Waals surface area contributed by atoms with Gasteiger partial charge in [0.05, 0.1) is 0 Å². The molecule has 1 heterocycles. The Morgan fingerprint density at radius 1 is 0.650 bits per heavy atom. The first-order valence-corrected chi connectivity index (χ1v) is 6.60. The summed E-state index contributed by atoms with van der Waals surface area (Å²) in [6, 6.07) is 22.2. The molecule has 0 bridgehead atoms. The fourth-order valence-electron chi connectivity index (χ4n) is 2.70. The molecule has 0 unspecified atom stereocenters. The van der Waals surface area contributed by atoms with Gasteiger partial charge in [0, 0.05) is 16.3 Å². The van der Waals surface area contributed by atoms with E-state index in [1.54, 1.807) is 0 Å². The van der Waals surface area contributed by atoms with Crippen molar-refractivity contribution in [1.82, 2.24) is 0 Å². The number of hydrogen-bond acceptors (Lipinski definition) is 1. The van der Waals surface area contributed by atoms with Gasteiger partial charge < -0.3 is 4.42 Å². The molecule has 92 valence electrons. The van der Waals surface area contributed by atoms with E-state index in [9.17, 15) is 0 Å². The van der Waals surface area contributed by atoms with Gasteiger partial charge in [-0.25, -0.2) is 0 Å². The van der Waals surface area contributed by atoms with Crippen molar-refractivity contribution in [1.29, 1.82) is 0 Å². The largest absolute Gasteiger partial charge is 0.455 e. The maximum atomic E-state index is 6.10. The van der Waals surface area contributed by atoms with Crippen molar-refractivity contribution in [3.8, 4) is 11.1 Å². The van der Waals surface area contributed by atoms with E-state index >= 15 is 0 Å². The van der Waals surface area contributed by atoms with Crippen molar-refractivity contribution in [2.75, 3.05) is 0 Å². The van der Waals surface area contributed by atoms with Crippen LogP contribution in [0.2, 0.25) is 0 Å². The number of para-hydroxylation sites is 2. The first-order chi connectivity index (χ1) is 9.84. The van der Waals surface area contributed by atoms with Crippen LogP contribution in [-0.2, 0) is 0 Å². The Kier molecular flexibility index (Phi) is 2.43. The summed E-state index contributed by atoms with van der Waals surface area (Å²) >= 11 is 0. The van der Waals surface area contributed by atoms with Crippen LogP contribution in [0.3, 0.4) is 0 Å². The van der Waals surface area contributed by atoms with Gasteiger partial charge in [-0.15, -0.1) is 0 Å². The molecule has 2 radical (unpaired) electrons. The molecule has 1 aromatic heterocycles. The highest BCUT2D eigenvalue weighted by molar-refractivity contribution is 6.36. The molecule has 0 spiro atoms. The topological polar surface area (TPSA) is 13.1 Å². The van der Waals surface area contributed by atoms with Crippen molar-refractivity contribution >= 4 is 35.2 Å². The van der Waals surface area contributed by atoms with Gasteiger partial charge >= 0.3 is 0 Å². The monoisotopic (exact) mass is 254 g/mol. The Balaban J connectivity index is 2.13. The fourth-order valence-corrected chi connectivity index (χ4v) is 2.70. The summed E-state index contributed by atoms with van der Waals surface area (Å²) in [6.07, 6.45) is 0. The second kappa shape index (κ2) is 4.27. The van der Waals surface area contributed by atoms with Crippen LogP contribution in [0.5, 0.6) is 0 Å². The number of benzene rings is 3. The lowest BCUT2D eigenvalue weighted by molar-refractivity contribution is 0.670. The molecule has 0 amide bonds. The van der Waals surface area contributed by atoms with Crippen LogP contribution < -0.4 is 5.46 Å². The minimum atomic E-state index is 0.764. The lowest BCUT2D eigenvalue weighted by Crippen LogP contribution is -2.05. The van der Waals surface area contributed by atoms with E-state index in [0.717, 1.165) is 38.5 Å². The summed E-state index contributed by atoms with van der Waals surface area (Å²) in [4.78, 5) is 0. The third kappa shape index (κ3) is 1.58. The molecular formula is C18H11BO. The van der Waals surface area contributed by atoms with Crippen LogP contribution >= 0.6 is 0 Å². The molecule has 2 heteroatoms. The summed E-state index contributed by atoms with van der Waals surface area (Å²) in [5, 5.41) is 2.26. The minimum Gasteiger partial charge on any atom is -0.455 e. The molecule has 0 saturated carbocycles. The van der Waals surface area contributed by atoms with E-state index < -0.39 is 0 Å². The second-order valence-electron chi connectivity index (χ2n) is 4.87. The smallest absolute Gasteiger partial charge is 0.143 e. The maximum Gasteiger partial charge on any atom is 0.143 e. The molecular weight excluding hydrogens is 243 g/mol. The average molecular weight is 254 g/mol. The first kappa shape index (κ1) is 11.4. The van der Waals surface area contributed by atoms with Gasteiger partial charge in [-0.05, 0) is 11.6 Å². The number of fused-ring (bicyclic) bond motifs is 3. The van der Waals surface area contributed by atoms with Gasteiger partial charge in [0.25, 0.3) is 0 Å². The molecule has 0 aliphatic heterocycles. The van der Waals surface area contributed by atoms with Crippen LogP contribution in [0.25, 0.3) is 33.1 Å². The predicted molar refractivity (Wildman–Crippen MR) is 84.5 cm³/mol. The normalized spacial score (nSPS) is 11.2. The predicted octanol–water partition coefficient (Wildman–Crippen LogP) is 4.05. The van der Waals surface area contributed by atoms with Crippen molar-refractivity contribution in [3.05, 3.63) is 66.7 Å². The standard InChI is InChI=1S/C18H11BO/c19-16-10-3-1-6-12(16)14-8-5-9-15-13-7-2-4-11-17(13)20-18(14)15/h1-11H. The SMILES string of the molecule is [B]c1ccccc1-c1cccc2c1oc1ccccc12. The molecule has 20 heavy (non-hydrogen) atoms. The van der Waals surface area contributed by atoms with E-state index in [0.29, 0.717) is 0 Å². The summed E-state index contributed by atoms with van der Waals surface area (Å²) in [5.74, 6) is 0. The quantitative estimate of drug-likeness (QED) is 0.467. The molecule has 0 atom stereocenters. The maximum absolute atomic E-state index is 6.10. The number of hydrogen-bond donors (Lipinski definition) is 0. The van der Waals surface area contributed by atoms with Crippen LogP contribution in [0.1, 0.15) is 0 Å². The molecule has 4 aromatic rings. The Hall–Kier alpha value is -2.48. The molecule has 0 aliphatic rings. The second-order valence-corrected chi connectivity index (χ2v) is 4.87. The highest BCUT2D eigenvalue weighted by Crippen LogP contribution is 2.34. The molecule has 4 rings (SSSR count). The zero-order valence-corrected chi connectivity index (χ0v) is 10.8. The van der Waals surface area contributed by atoms with Gasteiger partial charge in [-0.2, -0.15) is 0 Å². The number of rotatable bonds is 1. The third-order valence-electron chi connectivity index (χ3n) is 3.66. The van der Waals surface area contributed by atoms with Crippen molar-refractivity contribution < 1.29 is 4.42 Å². The molecule has 0 saturated heterocycles. The van der Waals surface area contributed by atoms with Crippen LogP contribution in [0.4, 0.5) is 0 Å². The summed E-state index contributed by atoms with van der Waals surface area (Å²) < 4.78 is 6.04. The van der Waals surface area contributed by atoms with E-state index in [4.69, 9.17) is 12.3 Å². The van der Waals surface area contributed by atoms with Crippen molar-refractivity contribution in [3.63, 3.8) is 0 Å². The highest BCUT2D eigenvalue weighted by Gasteiger charge is 2.12. The van der Waals surface area contributed by atoms with Crippen LogP contribution in [0.15, 0.2) is 71.1 Å². The van der Waals surface area contributed by atoms with E-state index in [1.807, 2.05) is 48.5 Å². The van der Waals surface area contributed by atoms with E-state index in [-0.39, 0.29) is 0 Å². The third-order valence-corrected chi connectivity index (χ3v) is 3.66.